The molecule has 0 aliphatic carbocycles. The van der Waals surface area contributed by atoms with Crippen molar-refractivity contribution in [2.24, 2.45) is 0 Å². The molecule has 3 heterocycles. The van der Waals surface area contributed by atoms with Gasteiger partial charge in [-0.25, -0.2) is 18.9 Å². The summed E-state index contributed by atoms with van der Waals surface area (Å²) < 4.78 is 14.7. The molecule has 0 unspecified atom stereocenters. The first kappa shape index (κ1) is 19.5. The lowest BCUT2D eigenvalue weighted by Gasteiger charge is -2.07. The fourth-order valence-electron chi connectivity index (χ4n) is 2.70. The number of fused-ring (bicyclic) bond motifs is 1. The van der Waals surface area contributed by atoms with E-state index in [4.69, 9.17) is 0 Å². The number of nitrogens with one attached hydrogen (secondary N) is 1. The second-order valence-electron chi connectivity index (χ2n) is 6.44. The Balaban J connectivity index is 1.43. The van der Waals surface area contributed by atoms with E-state index in [-0.39, 0.29) is 11.7 Å². The number of carbonyl (C=O) groups excluding carboxylic acids is 1. The molecule has 1 atom stereocenters. The molecule has 0 aliphatic rings. The summed E-state index contributed by atoms with van der Waals surface area (Å²) in [5.41, 5.74) is 3.27. The standard InChI is InChI=1S/C19H17FN6OS2/c1-10-8-11(2)26-17(21-10)24-19(25-26)29-12(3)16(27)23-18-22-15(9-28-18)13-4-6-14(20)7-5-13/h4-9,12H,1-3H3,(H,22,23,27)/t12-/m0/s1. The summed E-state index contributed by atoms with van der Waals surface area (Å²) in [7, 11) is 0. The van der Waals surface area contributed by atoms with Gasteiger partial charge in [0, 0.05) is 22.3 Å². The van der Waals surface area contributed by atoms with E-state index in [9.17, 15) is 9.18 Å². The molecule has 0 bridgehead atoms. The van der Waals surface area contributed by atoms with Gasteiger partial charge in [0.15, 0.2) is 5.13 Å². The molecule has 7 nitrogen and oxygen atoms in total. The smallest absolute Gasteiger partial charge is 0.253 e. The van der Waals surface area contributed by atoms with Crippen LogP contribution in [-0.2, 0) is 4.79 Å². The van der Waals surface area contributed by atoms with Crippen molar-refractivity contribution < 1.29 is 9.18 Å². The Labute approximate surface area is 174 Å². The summed E-state index contributed by atoms with van der Waals surface area (Å²) in [6, 6.07) is 7.99. The normalized spacial score (nSPS) is 12.3. The molecule has 10 heteroatoms. The Hall–Kier alpha value is -2.85. The highest BCUT2D eigenvalue weighted by molar-refractivity contribution is 8.00. The highest BCUT2D eigenvalue weighted by atomic mass is 32.2. The van der Waals surface area contributed by atoms with Crippen molar-refractivity contribution >= 4 is 39.9 Å². The number of thioether (sulfide) groups is 1. The minimum atomic E-state index is -0.424. The molecule has 0 aliphatic heterocycles. The van der Waals surface area contributed by atoms with Gasteiger partial charge in [-0.15, -0.1) is 16.4 Å². The van der Waals surface area contributed by atoms with E-state index >= 15 is 0 Å². The number of carbonyl (C=O) groups is 1. The molecule has 1 N–H and O–H groups in total. The first-order chi connectivity index (χ1) is 13.9. The van der Waals surface area contributed by atoms with Gasteiger partial charge in [0.2, 0.25) is 11.1 Å². The molecule has 0 radical (unpaired) electrons. The van der Waals surface area contributed by atoms with Gasteiger partial charge < -0.3 is 5.32 Å². The minimum absolute atomic E-state index is 0.199. The lowest BCUT2D eigenvalue weighted by Crippen LogP contribution is -2.22. The SMILES string of the molecule is Cc1cc(C)n2nc(S[C@@H](C)C(=O)Nc3nc(-c4ccc(F)cc4)cs3)nc2n1. The van der Waals surface area contributed by atoms with Gasteiger partial charge in [0.25, 0.3) is 5.78 Å². The van der Waals surface area contributed by atoms with E-state index in [1.165, 1.54) is 35.2 Å². The van der Waals surface area contributed by atoms with Gasteiger partial charge in [0.1, 0.15) is 5.82 Å². The molecular formula is C19H17FN6OS2. The third-order valence-electron chi connectivity index (χ3n) is 4.12. The predicted molar refractivity (Wildman–Crippen MR) is 112 cm³/mol. The maximum absolute atomic E-state index is 13.1. The average Bonchev–Trinajstić information content (AvgIpc) is 3.29. The number of halogens is 1. The molecule has 148 valence electrons. The van der Waals surface area contributed by atoms with E-state index < -0.39 is 5.25 Å². The van der Waals surface area contributed by atoms with Crippen molar-refractivity contribution in [1.29, 1.82) is 0 Å². The number of thiazole rings is 1. The summed E-state index contributed by atoms with van der Waals surface area (Å²) in [5.74, 6) is 0.0145. The lowest BCUT2D eigenvalue weighted by atomic mass is 10.2. The number of anilines is 1. The van der Waals surface area contributed by atoms with E-state index in [1.54, 1.807) is 23.6 Å². The number of aromatic nitrogens is 5. The van der Waals surface area contributed by atoms with Gasteiger partial charge in [-0.05, 0) is 51.1 Å². The zero-order valence-electron chi connectivity index (χ0n) is 15.9. The number of hydrogen-bond donors (Lipinski definition) is 1. The predicted octanol–water partition coefficient (Wildman–Crippen LogP) is 4.12. The molecule has 0 saturated heterocycles. The highest BCUT2D eigenvalue weighted by Crippen LogP contribution is 2.27. The number of aryl methyl sites for hydroxylation is 2. The third-order valence-corrected chi connectivity index (χ3v) is 5.83. The van der Waals surface area contributed by atoms with Crippen LogP contribution in [0.2, 0.25) is 0 Å². The highest BCUT2D eigenvalue weighted by Gasteiger charge is 2.19. The van der Waals surface area contributed by atoms with Crippen LogP contribution >= 0.6 is 23.1 Å². The van der Waals surface area contributed by atoms with E-state index in [1.807, 2.05) is 25.3 Å². The second-order valence-corrected chi connectivity index (χ2v) is 8.61. The second kappa shape index (κ2) is 7.88. The van der Waals surface area contributed by atoms with Gasteiger partial charge in [0.05, 0.1) is 10.9 Å². The van der Waals surface area contributed by atoms with Crippen LogP contribution in [0.15, 0.2) is 40.9 Å². The maximum Gasteiger partial charge on any atom is 0.253 e. The summed E-state index contributed by atoms with van der Waals surface area (Å²) >= 11 is 2.57. The first-order valence-electron chi connectivity index (χ1n) is 8.79. The monoisotopic (exact) mass is 428 g/mol. The molecule has 0 spiro atoms. The van der Waals surface area contributed by atoms with Crippen molar-refractivity contribution in [3.05, 3.63) is 52.9 Å². The van der Waals surface area contributed by atoms with Crippen molar-refractivity contribution in [3.63, 3.8) is 0 Å². The van der Waals surface area contributed by atoms with Crippen LogP contribution in [0.25, 0.3) is 17.0 Å². The fraction of sp³-hybridized carbons (Fsp3) is 0.211. The van der Waals surface area contributed by atoms with Crippen LogP contribution < -0.4 is 5.32 Å². The molecule has 3 aromatic heterocycles. The molecule has 1 amide bonds. The Morgan fingerprint density at radius 2 is 1.97 bits per heavy atom. The van der Waals surface area contributed by atoms with Crippen molar-refractivity contribution in [3.8, 4) is 11.3 Å². The van der Waals surface area contributed by atoms with E-state index in [2.05, 4.69) is 25.4 Å². The van der Waals surface area contributed by atoms with Gasteiger partial charge in [-0.1, -0.05) is 11.8 Å². The lowest BCUT2D eigenvalue weighted by molar-refractivity contribution is -0.115. The van der Waals surface area contributed by atoms with Gasteiger partial charge in [-0.3, -0.25) is 4.79 Å². The van der Waals surface area contributed by atoms with E-state index in [0.29, 0.717) is 21.8 Å². The molecule has 1 aromatic carbocycles. The average molecular weight is 429 g/mol. The molecule has 29 heavy (non-hydrogen) atoms. The summed E-state index contributed by atoms with van der Waals surface area (Å²) in [4.78, 5) is 25.7. The Morgan fingerprint density at radius 1 is 1.21 bits per heavy atom. The van der Waals surface area contributed by atoms with Gasteiger partial charge in [-0.2, -0.15) is 4.98 Å². The molecule has 0 saturated carbocycles. The van der Waals surface area contributed by atoms with Crippen molar-refractivity contribution in [1.82, 2.24) is 24.6 Å². The van der Waals surface area contributed by atoms with Crippen LogP contribution in [0.3, 0.4) is 0 Å². The number of rotatable bonds is 5. The largest absolute Gasteiger partial charge is 0.301 e. The van der Waals surface area contributed by atoms with Crippen LogP contribution in [0.1, 0.15) is 18.3 Å². The summed E-state index contributed by atoms with van der Waals surface area (Å²) in [6.07, 6.45) is 0. The minimum Gasteiger partial charge on any atom is -0.301 e. The third kappa shape index (κ3) is 4.28. The zero-order valence-corrected chi connectivity index (χ0v) is 17.5. The van der Waals surface area contributed by atoms with E-state index in [0.717, 1.165) is 17.0 Å². The van der Waals surface area contributed by atoms with Crippen LogP contribution in [0.4, 0.5) is 9.52 Å². The number of benzene rings is 1. The molecular weight excluding hydrogens is 411 g/mol. The molecule has 4 aromatic rings. The summed E-state index contributed by atoms with van der Waals surface area (Å²) in [6.45, 7) is 5.62. The Kier molecular flexibility index (Phi) is 5.29. The van der Waals surface area contributed by atoms with Crippen molar-refractivity contribution in [2.75, 3.05) is 5.32 Å². The number of nitrogens with zero attached hydrogens (tertiary/aromatic N) is 5. The Bertz CT molecular complexity index is 1190. The quantitative estimate of drug-likeness (QED) is 0.481. The summed E-state index contributed by atoms with van der Waals surface area (Å²) in [5, 5.41) is 9.60. The first-order valence-corrected chi connectivity index (χ1v) is 10.5. The van der Waals surface area contributed by atoms with Crippen LogP contribution in [0, 0.1) is 19.7 Å². The maximum atomic E-state index is 13.1. The fourth-order valence-corrected chi connectivity index (χ4v) is 4.17. The molecule has 0 fully saturated rings. The van der Waals surface area contributed by atoms with Gasteiger partial charge >= 0.3 is 0 Å². The van der Waals surface area contributed by atoms with Crippen molar-refractivity contribution in [2.45, 2.75) is 31.2 Å². The molecule has 4 rings (SSSR count). The Morgan fingerprint density at radius 3 is 2.72 bits per heavy atom. The van der Waals surface area contributed by atoms with Crippen LogP contribution in [0.5, 0.6) is 0 Å². The topological polar surface area (TPSA) is 85.1 Å². The van der Waals surface area contributed by atoms with Crippen LogP contribution in [-0.4, -0.2) is 35.7 Å². The number of hydrogen-bond acceptors (Lipinski definition) is 7. The zero-order chi connectivity index (χ0) is 20.5. The number of amides is 1.